The SMILES string of the molecule is CC(C)C[C@@](CCCC(=O)C(=O)O)(C(=O)O)N(C)CCCC(=O)C(=O)O.CN[C@@H](CC(C)C)C(=O)O.C[C@@](CCCC(=O)C(=O)O)(OCCCC(=O)C(=O)O)C(=O)O. The first kappa shape index (κ1) is 57.2. The van der Waals surface area contributed by atoms with Crippen LogP contribution in [-0.2, 0) is 57.5 Å². The van der Waals surface area contributed by atoms with Crippen molar-refractivity contribution in [2.75, 3.05) is 27.2 Å². The van der Waals surface area contributed by atoms with Gasteiger partial charge in [-0.3, -0.25) is 33.7 Å². The number of ether oxygens (including phenoxy) is 1. The number of Topliss-reactive ketones (excluding diaryl/α,β-unsaturated/α-hetero) is 4. The Morgan fingerprint density at radius 1 is 0.586 bits per heavy atom. The summed E-state index contributed by atoms with van der Waals surface area (Å²) in [6.45, 7) is 9.02. The third kappa shape index (κ3) is 24.5. The molecule has 0 spiro atoms. The van der Waals surface area contributed by atoms with Crippen LogP contribution in [0, 0.1) is 11.8 Å². The molecule has 0 aromatic carbocycles. The summed E-state index contributed by atoms with van der Waals surface area (Å²) in [5.41, 5.74) is -2.95. The van der Waals surface area contributed by atoms with E-state index in [0.29, 0.717) is 12.3 Å². The molecule has 0 aliphatic carbocycles. The Labute approximate surface area is 336 Å². The fraction of sp³-hybridized carbons (Fsp3) is 0.703. The van der Waals surface area contributed by atoms with Gasteiger partial charge in [-0.25, -0.2) is 24.0 Å². The highest BCUT2D eigenvalue weighted by molar-refractivity contribution is 6.33. The molecule has 8 N–H and O–H groups in total. The van der Waals surface area contributed by atoms with Gasteiger partial charge in [-0.1, -0.05) is 27.7 Å². The van der Waals surface area contributed by atoms with Crippen LogP contribution in [0.4, 0.5) is 0 Å². The standard InChI is InChI=1S/C17H27NO8.C13H18O9.C7H15NO2/c1-11(2)10-17(16(25)26,8-4-6-12(19)14(21)22)18(3)9-5-7-13(20)15(23)24;1-13(12(20)21,6-2-4-8(14)10(16)17)22-7-3-5-9(15)11(18)19;1-5(2)4-6(8-3)7(9)10/h11H,4-10H2,1-3H3,(H,21,22)(H,23,24)(H,25,26);2-7H2,1H3,(H,16,17)(H,18,19)(H,20,21);5-6,8H,4H2,1-3H3,(H,9,10)/t17-;13-;6-/m000/s1. The molecule has 21 nitrogen and oxygen atoms in total. The minimum Gasteiger partial charge on any atom is -0.480 e. The van der Waals surface area contributed by atoms with Gasteiger partial charge in [-0.05, 0) is 90.8 Å². The van der Waals surface area contributed by atoms with Crippen LogP contribution in [-0.4, -0.2) is 150 Å². The van der Waals surface area contributed by atoms with E-state index in [0.717, 1.165) is 0 Å². The van der Waals surface area contributed by atoms with Crippen LogP contribution in [0.2, 0.25) is 0 Å². The Bertz CT molecular complexity index is 1440. The van der Waals surface area contributed by atoms with E-state index in [9.17, 15) is 57.8 Å². The summed E-state index contributed by atoms with van der Waals surface area (Å²) in [6.07, 6.45) is 0.245. The van der Waals surface area contributed by atoms with Crippen molar-refractivity contribution >= 4 is 64.9 Å². The highest BCUT2D eigenvalue weighted by atomic mass is 16.5. The van der Waals surface area contributed by atoms with Crippen molar-refractivity contribution in [1.29, 1.82) is 0 Å². The zero-order chi connectivity index (χ0) is 46.0. The average Bonchev–Trinajstić information content (AvgIpc) is 3.11. The van der Waals surface area contributed by atoms with E-state index in [1.54, 1.807) is 19.0 Å². The van der Waals surface area contributed by atoms with E-state index in [1.807, 2.05) is 27.7 Å². The molecule has 21 heteroatoms. The maximum absolute atomic E-state index is 12.0. The minimum absolute atomic E-state index is 0.0159. The molecule has 0 bridgehead atoms. The topological polar surface area (TPSA) is 354 Å². The summed E-state index contributed by atoms with van der Waals surface area (Å²) < 4.78 is 5.16. The van der Waals surface area contributed by atoms with Crippen molar-refractivity contribution in [1.82, 2.24) is 10.2 Å². The zero-order valence-corrected chi connectivity index (χ0v) is 34.1. The molecule has 0 saturated heterocycles. The van der Waals surface area contributed by atoms with E-state index in [2.05, 4.69) is 5.32 Å². The fourth-order valence-electron chi connectivity index (χ4n) is 5.31. The fourth-order valence-corrected chi connectivity index (χ4v) is 5.31. The number of likely N-dealkylation sites (N-methyl/N-ethyl adjacent to an activating group) is 2. The number of ketones is 4. The van der Waals surface area contributed by atoms with Crippen LogP contribution >= 0.6 is 0 Å². The summed E-state index contributed by atoms with van der Waals surface area (Å²) in [6, 6.07) is -0.389. The maximum Gasteiger partial charge on any atom is 0.372 e. The molecule has 3 atom stereocenters. The van der Waals surface area contributed by atoms with Crippen LogP contribution in [0.15, 0.2) is 0 Å². The summed E-state index contributed by atoms with van der Waals surface area (Å²) in [7, 11) is 3.24. The van der Waals surface area contributed by atoms with Crippen molar-refractivity contribution in [2.24, 2.45) is 11.8 Å². The molecule has 58 heavy (non-hydrogen) atoms. The average molecular weight is 837 g/mol. The zero-order valence-electron chi connectivity index (χ0n) is 34.1. The van der Waals surface area contributed by atoms with Gasteiger partial charge in [-0.15, -0.1) is 0 Å². The molecule has 0 rings (SSSR count). The third-order valence-corrected chi connectivity index (χ3v) is 8.55. The lowest BCUT2D eigenvalue weighted by Crippen LogP contribution is -2.54. The van der Waals surface area contributed by atoms with Gasteiger partial charge in [0.2, 0.25) is 23.1 Å². The number of nitrogens with zero attached hydrogens (tertiary/aromatic N) is 1. The van der Waals surface area contributed by atoms with Crippen LogP contribution in [0.5, 0.6) is 0 Å². The van der Waals surface area contributed by atoms with Gasteiger partial charge in [0.1, 0.15) is 11.6 Å². The quantitative estimate of drug-likeness (QED) is 0.0378. The van der Waals surface area contributed by atoms with Crippen molar-refractivity contribution < 1.29 is 93.2 Å². The molecule has 0 unspecified atom stereocenters. The van der Waals surface area contributed by atoms with Crippen molar-refractivity contribution in [3.63, 3.8) is 0 Å². The van der Waals surface area contributed by atoms with Crippen molar-refractivity contribution in [2.45, 2.75) is 129 Å². The number of carboxylic acids is 7. The van der Waals surface area contributed by atoms with E-state index in [-0.39, 0.29) is 95.7 Å². The second kappa shape index (κ2) is 29.1. The van der Waals surface area contributed by atoms with Crippen LogP contribution < -0.4 is 5.32 Å². The minimum atomic E-state index is -1.63. The Morgan fingerprint density at radius 2 is 0.983 bits per heavy atom. The van der Waals surface area contributed by atoms with E-state index >= 15 is 0 Å². The van der Waals surface area contributed by atoms with E-state index in [4.69, 9.17) is 35.4 Å². The Kier molecular flexibility index (Phi) is 28.7. The smallest absolute Gasteiger partial charge is 0.372 e. The number of aliphatic carboxylic acids is 7. The number of carboxylic acid groups (broad SMARTS) is 7. The second-order valence-electron chi connectivity index (χ2n) is 14.4. The Balaban J connectivity index is -0.000000854. The van der Waals surface area contributed by atoms with Gasteiger partial charge >= 0.3 is 41.8 Å². The third-order valence-electron chi connectivity index (χ3n) is 8.55. The van der Waals surface area contributed by atoms with Crippen molar-refractivity contribution in [3.05, 3.63) is 0 Å². The predicted molar refractivity (Wildman–Crippen MR) is 201 cm³/mol. The number of rotatable bonds is 30. The summed E-state index contributed by atoms with van der Waals surface area (Å²) in [5.74, 6) is -12.8. The lowest BCUT2D eigenvalue weighted by atomic mass is 9.82. The molecule has 0 aliphatic rings. The van der Waals surface area contributed by atoms with Gasteiger partial charge in [-0.2, -0.15) is 0 Å². The van der Waals surface area contributed by atoms with Crippen LogP contribution in [0.25, 0.3) is 0 Å². The number of carbonyl (C=O) groups is 11. The summed E-state index contributed by atoms with van der Waals surface area (Å²) in [5, 5.41) is 64.2. The molecule has 0 amide bonds. The summed E-state index contributed by atoms with van der Waals surface area (Å²) >= 11 is 0. The first-order valence-corrected chi connectivity index (χ1v) is 18.4. The molecule has 0 saturated carbocycles. The monoisotopic (exact) mass is 836 g/mol. The molecular formula is C37H60N2O19. The van der Waals surface area contributed by atoms with Gasteiger partial charge in [0.15, 0.2) is 5.60 Å². The molecule has 0 heterocycles. The number of nitrogens with one attached hydrogen (secondary N) is 1. The van der Waals surface area contributed by atoms with Gasteiger partial charge in [0, 0.05) is 32.3 Å². The normalized spacial score (nSPS) is 13.3. The summed E-state index contributed by atoms with van der Waals surface area (Å²) in [4.78, 5) is 121. The Morgan fingerprint density at radius 3 is 1.29 bits per heavy atom. The van der Waals surface area contributed by atoms with Gasteiger partial charge in [0.25, 0.3) is 0 Å². The molecule has 0 aromatic rings. The first-order chi connectivity index (χ1) is 26.6. The lowest BCUT2D eigenvalue weighted by molar-refractivity contribution is -0.165. The van der Waals surface area contributed by atoms with Crippen LogP contribution in [0.1, 0.15) is 112 Å². The van der Waals surface area contributed by atoms with E-state index in [1.165, 1.54) is 6.92 Å². The number of carbonyl (C=O) groups excluding carboxylic acids is 4. The first-order valence-electron chi connectivity index (χ1n) is 18.4. The van der Waals surface area contributed by atoms with Crippen molar-refractivity contribution in [3.8, 4) is 0 Å². The molecular weight excluding hydrogens is 776 g/mol. The molecule has 0 aliphatic heterocycles. The number of hydrogen-bond acceptors (Lipinski definition) is 14. The highest BCUT2D eigenvalue weighted by Crippen LogP contribution is 2.30. The molecule has 332 valence electrons. The second-order valence-corrected chi connectivity index (χ2v) is 14.4. The lowest BCUT2D eigenvalue weighted by Gasteiger charge is -2.40. The highest BCUT2D eigenvalue weighted by Gasteiger charge is 2.42. The van der Waals surface area contributed by atoms with Gasteiger partial charge < -0.3 is 45.8 Å². The van der Waals surface area contributed by atoms with Gasteiger partial charge in [0.05, 0.1) is 0 Å². The molecule has 0 radical (unpaired) electrons. The van der Waals surface area contributed by atoms with Crippen LogP contribution in [0.3, 0.4) is 0 Å². The Hall–Kier alpha value is -5.15. The molecule has 0 aromatic heterocycles. The molecule has 0 fully saturated rings. The predicted octanol–water partition coefficient (Wildman–Crippen LogP) is 1.85. The number of hydrogen-bond donors (Lipinski definition) is 8. The van der Waals surface area contributed by atoms with E-state index < -0.39 is 76.1 Å². The largest absolute Gasteiger partial charge is 0.480 e. The maximum atomic E-state index is 12.0.